The Kier molecular flexibility index (Phi) is 10.2. The number of hydrogen-bond acceptors (Lipinski definition) is 3. The summed E-state index contributed by atoms with van der Waals surface area (Å²) < 4.78 is 7.04. The molecule has 3 nitrogen and oxygen atoms in total. The van der Waals surface area contributed by atoms with Crippen LogP contribution < -0.4 is 9.80 Å². The third-order valence-corrected chi connectivity index (χ3v) is 12.8. The number of rotatable bonds is 10. The van der Waals surface area contributed by atoms with E-state index in [1.165, 1.54) is 16.7 Å². The molecule has 1 aromatic heterocycles. The molecule has 12 aromatic rings. The maximum absolute atomic E-state index is 7.04. The summed E-state index contributed by atoms with van der Waals surface area (Å²) in [7, 11) is 0. The highest BCUT2D eigenvalue weighted by molar-refractivity contribution is 6.22. The van der Waals surface area contributed by atoms with Crippen LogP contribution in [0.2, 0.25) is 0 Å². The van der Waals surface area contributed by atoms with E-state index in [9.17, 15) is 0 Å². The summed E-state index contributed by atoms with van der Waals surface area (Å²) in [6, 6.07) is 95.6. The van der Waals surface area contributed by atoms with Gasteiger partial charge in [0, 0.05) is 33.5 Å². The van der Waals surface area contributed by atoms with Gasteiger partial charge in [-0.25, -0.2) is 0 Å². The van der Waals surface area contributed by atoms with Crippen molar-refractivity contribution in [1.29, 1.82) is 0 Å². The minimum atomic E-state index is 0.813. The third-order valence-electron chi connectivity index (χ3n) is 12.8. The zero-order valence-corrected chi connectivity index (χ0v) is 36.7. The molecule has 11 aromatic carbocycles. The maximum Gasteiger partial charge on any atom is 0.143 e. The molecule has 316 valence electrons. The smallest absolute Gasteiger partial charge is 0.143 e. The van der Waals surface area contributed by atoms with Gasteiger partial charge in [0.15, 0.2) is 0 Å². The topological polar surface area (TPSA) is 19.6 Å². The molecule has 0 saturated heterocycles. The Bertz CT molecular complexity index is 3670. The average molecular weight is 857 g/mol. The summed E-state index contributed by atoms with van der Waals surface area (Å²) in [4.78, 5) is 4.86. The fourth-order valence-electron chi connectivity index (χ4n) is 9.76. The first-order chi connectivity index (χ1) is 33.3. The molecular formula is C64H44N2O. The Hall–Kier alpha value is -8.92. The van der Waals surface area contributed by atoms with Crippen LogP contribution in [-0.2, 0) is 0 Å². The SMILES string of the molecule is c1ccc(-c2ccc(N(c3ccccc3)c3ccc4oc5c6ccccc6ccc5c4c3N(c3ccccc3)c3ccc(-c4ccccc4)c(-c4ccccc4)c3)cc2-c2ccccc2)cc1. The minimum absolute atomic E-state index is 0.813. The normalized spacial score (nSPS) is 11.3. The highest BCUT2D eigenvalue weighted by Gasteiger charge is 2.29. The number of anilines is 6. The van der Waals surface area contributed by atoms with Crippen molar-refractivity contribution in [2.24, 2.45) is 0 Å². The molecule has 0 spiro atoms. The molecule has 0 aliphatic rings. The number of para-hydroxylation sites is 2. The van der Waals surface area contributed by atoms with E-state index >= 15 is 0 Å². The van der Waals surface area contributed by atoms with Crippen molar-refractivity contribution in [2.45, 2.75) is 0 Å². The zero-order chi connectivity index (χ0) is 44.5. The van der Waals surface area contributed by atoms with Gasteiger partial charge in [0.1, 0.15) is 11.2 Å². The van der Waals surface area contributed by atoms with Gasteiger partial charge in [-0.3, -0.25) is 0 Å². The lowest BCUT2D eigenvalue weighted by molar-refractivity contribution is 0.672. The summed E-state index contributed by atoms with van der Waals surface area (Å²) in [6.07, 6.45) is 0. The molecule has 0 radical (unpaired) electrons. The number of furan rings is 1. The van der Waals surface area contributed by atoms with E-state index in [1.807, 2.05) is 0 Å². The summed E-state index contributed by atoms with van der Waals surface area (Å²) in [5, 5.41) is 4.30. The zero-order valence-electron chi connectivity index (χ0n) is 36.7. The molecule has 3 heteroatoms. The second-order valence-corrected chi connectivity index (χ2v) is 16.8. The van der Waals surface area contributed by atoms with Crippen LogP contribution >= 0.6 is 0 Å². The minimum Gasteiger partial charge on any atom is -0.455 e. The van der Waals surface area contributed by atoms with E-state index in [2.05, 4.69) is 277 Å². The Labute approximate surface area is 390 Å². The molecule has 0 fully saturated rings. The molecule has 0 bridgehead atoms. The van der Waals surface area contributed by atoms with Crippen molar-refractivity contribution in [1.82, 2.24) is 0 Å². The molecule has 0 aliphatic heterocycles. The van der Waals surface area contributed by atoms with Crippen LogP contribution in [0.5, 0.6) is 0 Å². The summed E-state index contributed by atoms with van der Waals surface area (Å²) in [6.45, 7) is 0. The second kappa shape index (κ2) is 17.2. The van der Waals surface area contributed by atoms with Crippen molar-refractivity contribution in [3.05, 3.63) is 267 Å². The lowest BCUT2D eigenvalue weighted by Gasteiger charge is -2.34. The van der Waals surface area contributed by atoms with E-state index in [0.29, 0.717) is 0 Å². The lowest BCUT2D eigenvalue weighted by atomic mass is 9.93. The summed E-state index contributed by atoms with van der Waals surface area (Å²) >= 11 is 0. The monoisotopic (exact) mass is 856 g/mol. The first kappa shape index (κ1) is 39.7. The van der Waals surface area contributed by atoms with Gasteiger partial charge in [0.25, 0.3) is 0 Å². The Morgan fingerprint density at radius 2 is 0.716 bits per heavy atom. The average Bonchev–Trinajstić information content (AvgIpc) is 3.80. The molecule has 0 N–H and O–H groups in total. The fourth-order valence-corrected chi connectivity index (χ4v) is 9.76. The molecule has 0 atom stereocenters. The largest absolute Gasteiger partial charge is 0.455 e. The summed E-state index contributed by atoms with van der Waals surface area (Å²) in [5.74, 6) is 0. The number of hydrogen-bond donors (Lipinski definition) is 0. The van der Waals surface area contributed by atoms with Crippen LogP contribution in [0, 0.1) is 0 Å². The van der Waals surface area contributed by atoms with E-state index in [0.717, 1.165) is 94.7 Å². The van der Waals surface area contributed by atoms with Gasteiger partial charge in [-0.05, 0) is 117 Å². The van der Waals surface area contributed by atoms with Crippen LogP contribution in [0.1, 0.15) is 0 Å². The Morgan fingerprint density at radius 3 is 1.24 bits per heavy atom. The Balaban J connectivity index is 1.19. The van der Waals surface area contributed by atoms with Crippen molar-refractivity contribution in [2.75, 3.05) is 9.80 Å². The quantitative estimate of drug-likeness (QED) is 0.137. The van der Waals surface area contributed by atoms with Gasteiger partial charge in [-0.2, -0.15) is 0 Å². The highest BCUT2D eigenvalue weighted by atomic mass is 16.3. The van der Waals surface area contributed by atoms with Gasteiger partial charge in [0.2, 0.25) is 0 Å². The maximum atomic E-state index is 7.04. The predicted molar refractivity (Wildman–Crippen MR) is 282 cm³/mol. The molecule has 0 saturated carbocycles. The van der Waals surface area contributed by atoms with Crippen molar-refractivity contribution in [3.63, 3.8) is 0 Å². The number of nitrogens with zero attached hydrogens (tertiary/aromatic N) is 2. The molecule has 0 unspecified atom stereocenters. The third kappa shape index (κ3) is 7.29. The standard InChI is InChI=1S/C64H44N2O/c1-7-21-45(22-8-1)54-39-36-52(43-58(54)47-25-11-3-12-26-47)65(50-30-15-5-16-31-50)60-41-42-61-62(57-38-35-49-29-19-20-34-56(49)64(57)67-61)63(60)66(51-32-17-6-18-33-51)53-37-40-55(46-23-9-2-10-24-46)59(44-53)48-27-13-4-14-28-48/h1-44H. The first-order valence-corrected chi connectivity index (χ1v) is 22.8. The fraction of sp³-hybridized carbons (Fsp3) is 0. The van der Waals surface area contributed by atoms with Crippen LogP contribution in [0.15, 0.2) is 271 Å². The van der Waals surface area contributed by atoms with Gasteiger partial charge in [0.05, 0.1) is 16.8 Å². The van der Waals surface area contributed by atoms with E-state index in [-0.39, 0.29) is 0 Å². The van der Waals surface area contributed by atoms with Gasteiger partial charge < -0.3 is 14.2 Å². The first-order valence-electron chi connectivity index (χ1n) is 22.8. The van der Waals surface area contributed by atoms with Crippen LogP contribution in [0.3, 0.4) is 0 Å². The van der Waals surface area contributed by atoms with Gasteiger partial charge in [-0.1, -0.05) is 200 Å². The van der Waals surface area contributed by atoms with Crippen molar-refractivity contribution in [3.8, 4) is 44.5 Å². The summed E-state index contributed by atoms with van der Waals surface area (Å²) in [5.41, 5.74) is 17.0. The van der Waals surface area contributed by atoms with Crippen LogP contribution in [0.4, 0.5) is 34.1 Å². The Morgan fingerprint density at radius 1 is 0.284 bits per heavy atom. The lowest BCUT2D eigenvalue weighted by Crippen LogP contribution is -2.17. The number of fused-ring (bicyclic) bond motifs is 5. The molecule has 0 aliphatic carbocycles. The van der Waals surface area contributed by atoms with Crippen LogP contribution in [-0.4, -0.2) is 0 Å². The highest BCUT2D eigenvalue weighted by Crippen LogP contribution is 2.53. The van der Waals surface area contributed by atoms with E-state index in [4.69, 9.17) is 4.42 Å². The van der Waals surface area contributed by atoms with Crippen molar-refractivity contribution < 1.29 is 4.42 Å². The van der Waals surface area contributed by atoms with Gasteiger partial charge in [-0.15, -0.1) is 0 Å². The van der Waals surface area contributed by atoms with Crippen LogP contribution in [0.25, 0.3) is 77.2 Å². The van der Waals surface area contributed by atoms with Gasteiger partial charge >= 0.3 is 0 Å². The van der Waals surface area contributed by atoms with Crippen molar-refractivity contribution >= 4 is 66.8 Å². The van der Waals surface area contributed by atoms with E-state index in [1.54, 1.807) is 0 Å². The predicted octanol–water partition coefficient (Wildman–Crippen LogP) is 18.3. The second-order valence-electron chi connectivity index (χ2n) is 16.8. The van der Waals surface area contributed by atoms with E-state index < -0.39 is 0 Å². The molecule has 67 heavy (non-hydrogen) atoms. The number of benzene rings is 11. The molecule has 12 rings (SSSR count). The molecule has 0 amide bonds. The molecule has 1 heterocycles. The molecular weight excluding hydrogens is 813 g/mol.